The Labute approximate surface area is 269 Å². The van der Waals surface area contributed by atoms with E-state index in [-0.39, 0.29) is 24.1 Å². The highest BCUT2D eigenvalue weighted by Crippen LogP contribution is 2.34. The zero-order valence-corrected chi connectivity index (χ0v) is 25.6. The van der Waals surface area contributed by atoms with Crippen molar-refractivity contribution in [1.29, 1.82) is 0 Å². The van der Waals surface area contributed by atoms with Gasteiger partial charge in [0, 0.05) is 43.5 Å². The number of aromatic nitrogens is 2. The Balaban J connectivity index is 1.24. The van der Waals surface area contributed by atoms with E-state index in [0.29, 0.717) is 53.0 Å². The van der Waals surface area contributed by atoms with Gasteiger partial charge in [0.2, 0.25) is 5.91 Å². The number of benzene rings is 4. The van der Waals surface area contributed by atoms with Crippen LogP contribution < -0.4 is 0 Å². The van der Waals surface area contributed by atoms with Crippen LogP contribution in [0.2, 0.25) is 10.0 Å². The molecule has 0 saturated carbocycles. The van der Waals surface area contributed by atoms with Crippen LogP contribution in [0.5, 0.6) is 0 Å². The summed E-state index contributed by atoms with van der Waals surface area (Å²) < 4.78 is 41.7. The number of alkyl halides is 3. The van der Waals surface area contributed by atoms with Gasteiger partial charge in [0.05, 0.1) is 39.5 Å². The van der Waals surface area contributed by atoms with Crippen molar-refractivity contribution in [3.05, 3.63) is 142 Å². The number of carbonyl (C=O) groups is 1. The van der Waals surface area contributed by atoms with Crippen molar-refractivity contribution < 1.29 is 18.0 Å². The Hall–Kier alpha value is -4.11. The van der Waals surface area contributed by atoms with Crippen molar-refractivity contribution in [2.45, 2.75) is 18.6 Å². The summed E-state index contributed by atoms with van der Waals surface area (Å²) in [6, 6.07) is 30.7. The highest BCUT2D eigenvalue weighted by molar-refractivity contribution is 6.42. The topological polar surface area (TPSA) is 41.4 Å². The minimum atomic E-state index is -4.50. The van der Waals surface area contributed by atoms with E-state index < -0.39 is 11.7 Å². The molecular weight excluding hydrogens is 620 g/mol. The molecule has 1 amide bonds. The second kappa shape index (κ2) is 13.1. The molecule has 1 aliphatic heterocycles. The Morgan fingerprint density at radius 2 is 1.42 bits per heavy atom. The fraction of sp³-hybridized carbons (Fsp3) is 0.200. The first-order valence-electron chi connectivity index (χ1n) is 14.5. The molecule has 6 rings (SSSR count). The second-order valence-electron chi connectivity index (χ2n) is 10.9. The average molecular weight is 650 g/mol. The SMILES string of the molecule is O=C(Cc1cn(-c2cccc(C(F)(F)F)c2)nc1-c1ccc(Cl)c(Cl)c1)N1CCN(C(c2ccccc2)c2ccccc2)CC1. The fourth-order valence-electron chi connectivity index (χ4n) is 5.77. The van der Waals surface area contributed by atoms with Crippen molar-refractivity contribution in [2.75, 3.05) is 26.2 Å². The van der Waals surface area contributed by atoms with E-state index in [1.807, 2.05) is 41.3 Å². The molecule has 2 heterocycles. The molecule has 0 spiro atoms. The number of nitrogens with zero attached hydrogens (tertiary/aromatic N) is 4. The van der Waals surface area contributed by atoms with Gasteiger partial charge in [-0.25, -0.2) is 4.68 Å². The molecule has 0 aliphatic carbocycles. The molecule has 45 heavy (non-hydrogen) atoms. The number of hydrogen-bond acceptors (Lipinski definition) is 3. The lowest BCUT2D eigenvalue weighted by molar-refractivity contribution is -0.137. The van der Waals surface area contributed by atoms with Crippen molar-refractivity contribution in [3.8, 4) is 16.9 Å². The van der Waals surface area contributed by atoms with E-state index in [1.54, 1.807) is 30.5 Å². The van der Waals surface area contributed by atoms with Crippen molar-refractivity contribution in [2.24, 2.45) is 0 Å². The van der Waals surface area contributed by atoms with Crippen LogP contribution in [0.4, 0.5) is 13.2 Å². The summed E-state index contributed by atoms with van der Waals surface area (Å²) in [6.07, 6.45) is -2.87. The minimum Gasteiger partial charge on any atom is -0.340 e. The number of amides is 1. The predicted molar refractivity (Wildman–Crippen MR) is 171 cm³/mol. The highest BCUT2D eigenvalue weighted by Gasteiger charge is 2.31. The third-order valence-electron chi connectivity index (χ3n) is 8.03. The molecule has 0 atom stereocenters. The van der Waals surface area contributed by atoms with Gasteiger partial charge >= 0.3 is 6.18 Å². The van der Waals surface area contributed by atoms with Crippen LogP contribution in [-0.4, -0.2) is 51.7 Å². The van der Waals surface area contributed by atoms with Gasteiger partial charge in [-0.3, -0.25) is 9.69 Å². The molecule has 5 nitrogen and oxygen atoms in total. The van der Waals surface area contributed by atoms with Crippen LogP contribution in [0, 0.1) is 0 Å². The first-order valence-corrected chi connectivity index (χ1v) is 15.3. The van der Waals surface area contributed by atoms with Gasteiger partial charge in [-0.1, -0.05) is 96.0 Å². The van der Waals surface area contributed by atoms with Crippen molar-refractivity contribution in [1.82, 2.24) is 19.6 Å². The third-order valence-corrected chi connectivity index (χ3v) is 8.76. The van der Waals surface area contributed by atoms with E-state index in [2.05, 4.69) is 34.3 Å². The Morgan fingerprint density at radius 1 is 0.778 bits per heavy atom. The molecular formula is C35H29Cl2F3N4O. The van der Waals surface area contributed by atoms with Gasteiger partial charge in [-0.05, 0) is 41.5 Å². The molecule has 4 aromatic carbocycles. The number of hydrogen-bond donors (Lipinski definition) is 0. The van der Waals surface area contributed by atoms with Crippen LogP contribution in [0.15, 0.2) is 109 Å². The Bertz CT molecular complexity index is 1750. The molecule has 0 unspecified atom stereocenters. The summed E-state index contributed by atoms with van der Waals surface area (Å²) >= 11 is 12.4. The van der Waals surface area contributed by atoms with Crippen LogP contribution in [0.3, 0.4) is 0 Å². The van der Waals surface area contributed by atoms with Crippen molar-refractivity contribution >= 4 is 29.1 Å². The first-order chi connectivity index (χ1) is 21.7. The summed E-state index contributed by atoms with van der Waals surface area (Å²) in [7, 11) is 0. The summed E-state index contributed by atoms with van der Waals surface area (Å²) in [6.45, 7) is 2.45. The normalized spacial score (nSPS) is 14.2. The predicted octanol–water partition coefficient (Wildman–Crippen LogP) is 8.34. The van der Waals surface area contributed by atoms with Crippen LogP contribution in [0.25, 0.3) is 16.9 Å². The lowest BCUT2D eigenvalue weighted by Gasteiger charge is -2.39. The molecule has 1 fully saturated rings. The quantitative estimate of drug-likeness (QED) is 0.178. The van der Waals surface area contributed by atoms with Crippen molar-refractivity contribution in [3.63, 3.8) is 0 Å². The number of carbonyl (C=O) groups excluding carboxylic acids is 1. The summed E-state index contributed by atoms with van der Waals surface area (Å²) in [5, 5.41) is 5.28. The van der Waals surface area contributed by atoms with Gasteiger partial charge in [0.25, 0.3) is 0 Å². The maximum absolute atomic E-state index is 13.7. The Morgan fingerprint density at radius 3 is 2.02 bits per heavy atom. The van der Waals surface area contributed by atoms with Gasteiger partial charge in [-0.2, -0.15) is 18.3 Å². The van der Waals surface area contributed by atoms with E-state index in [0.717, 1.165) is 12.1 Å². The van der Waals surface area contributed by atoms with Gasteiger partial charge < -0.3 is 4.90 Å². The van der Waals surface area contributed by atoms with Crippen LogP contribution >= 0.6 is 23.2 Å². The highest BCUT2D eigenvalue weighted by atomic mass is 35.5. The number of rotatable bonds is 7. The van der Waals surface area contributed by atoms with E-state index >= 15 is 0 Å². The fourth-order valence-corrected chi connectivity index (χ4v) is 6.07. The molecule has 1 aromatic heterocycles. The van der Waals surface area contributed by atoms with Crippen LogP contribution in [-0.2, 0) is 17.4 Å². The molecule has 0 bridgehead atoms. The molecule has 1 saturated heterocycles. The Kier molecular flexibility index (Phi) is 8.99. The molecule has 1 aliphatic rings. The zero-order valence-electron chi connectivity index (χ0n) is 24.1. The lowest BCUT2D eigenvalue weighted by atomic mass is 9.96. The minimum absolute atomic E-state index is 0.0232. The standard InChI is InChI=1S/C35H29Cl2F3N4O/c36-30-15-14-26(20-31(30)37)33-27(23-44(41-33)29-13-7-12-28(22-29)35(38,39)40)21-32(45)42-16-18-43(19-17-42)34(24-8-3-1-4-9-24)25-10-5-2-6-11-25/h1-15,20,22-23,34H,16-19,21H2. The van der Waals surface area contributed by atoms with Gasteiger partial charge in [0.15, 0.2) is 0 Å². The summed E-state index contributed by atoms with van der Waals surface area (Å²) in [4.78, 5) is 17.9. The summed E-state index contributed by atoms with van der Waals surface area (Å²) in [5.74, 6) is -0.0875. The second-order valence-corrected chi connectivity index (χ2v) is 11.8. The lowest BCUT2D eigenvalue weighted by Crippen LogP contribution is -2.50. The number of piperazine rings is 1. The summed E-state index contributed by atoms with van der Waals surface area (Å²) in [5.41, 5.74) is 3.46. The van der Waals surface area contributed by atoms with E-state index in [9.17, 15) is 18.0 Å². The third kappa shape index (κ3) is 6.93. The molecule has 230 valence electrons. The first kappa shape index (κ1) is 30.9. The maximum Gasteiger partial charge on any atom is 0.416 e. The average Bonchev–Trinajstić information content (AvgIpc) is 3.47. The monoisotopic (exact) mass is 648 g/mol. The molecule has 0 radical (unpaired) electrons. The number of halogens is 5. The maximum atomic E-state index is 13.7. The van der Waals surface area contributed by atoms with Gasteiger partial charge in [0.1, 0.15) is 0 Å². The largest absolute Gasteiger partial charge is 0.416 e. The molecule has 10 heteroatoms. The van der Waals surface area contributed by atoms with E-state index in [4.69, 9.17) is 23.2 Å². The van der Waals surface area contributed by atoms with Gasteiger partial charge in [-0.15, -0.1) is 0 Å². The molecule has 5 aromatic rings. The zero-order chi connectivity index (χ0) is 31.6. The van der Waals surface area contributed by atoms with E-state index in [1.165, 1.54) is 21.9 Å². The molecule has 0 N–H and O–H groups in total. The smallest absolute Gasteiger partial charge is 0.340 e. The van der Waals surface area contributed by atoms with Crippen LogP contribution in [0.1, 0.15) is 28.3 Å².